The minimum Gasteiger partial charge on any atom is -0.385 e. The van der Waals surface area contributed by atoms with Crippen LogP contribution in [0, 0.1) is 5.41 Å². The summed E-state index contributed by atoms with van der Waals surface area (Å²) in [6.07, 6.45) is 10.6. The van der Waals surface area contributed by atoms with Gasteiger partial charge < -0.3 is 19.9 Å². The number of rotatable bonds is 9. The van der Waals surface area contributed by atoms with E-state index in [1.165, 1.54) is 19.3 Å². The fourth-order valence-corrected chi connectivity index (χ4v) is 2.79. The molecule has 0 bridgehead atoms. The molecule has 0 aliphatic heterocycles. The highest BCUT2D eigenvalue weighted by Gasteiger charge is 2.36. The van der Waals surface area contributed by atoms with Crippen molar-refractivity contribution >= 4 is 5.96 Å². The van der Waals surface area contributed by atoms with E-state index in [1.807, 2.05) is 12.5 Å². The first-order valence-corrected chi connectivity index (χ1v) is 8.25. The molecule has 6 heteroatoms. The van der Waals surface area contributed by atoms with Crippen LogP contribution in [0.4, 0.5) is 0 Å². The maximum absolute atomic E-state index is 5.25. The second-order valence-corrected chi connectivity index (χ2v) is 6.02. The largest absolute Gasteiger partial charge is 0.385 e. The summed E-state index contributed by atoms with van der Waals surface area (Å²) < 4.78 is 7.30. The van der Waals surface area contributed by atoms with Gasteiger partial charge in [0.2, 0.25) is 0 Å². The zero-order valence-corrected chi connectivity index (χ0v) is 13.8. The van der Waals surface area contributed by atoms with Crippen molar-refractivity contribution in [2.24, 2.45) is 10.4 Å². The molecule has 0 saturated heterocycles. The molecular formula is C16H29N5O. The molecule has 0 radical (unpaired) electrons. The Balaban J connectivity index is 1.80. The van der Waals surface area contributed by atoms with E-state index in [4.69, 9.17) is 9.73 Å². The third-order valence-corrected chi connectivity index (χ3v) is 4.39. The Hall–Kier alpha value is -1.56. The number of ether oxygens (including phenoxy) is 1. The maximum atomic E-state index is 5.25. The zero-order valence-electron chi connectivity index (χ0n) is 13.8. The third kappa shape index (κ3) is 5.02. The number of guanidine groups is 1. The molecule has 0 aromatic carbocycles. The summed E-state index contributed by atoms with van der Waals surface area (Å²) >= 11 is 0. The standard InChI is InChI=1S/C16H29N5O/c1-3-18-15(19-9-11-21-10-8-17-14-21)20-13-16(5-4-6-16)7-12-22-2/h8,10,14H,3-7,9,11-13H2,1-2H3,(H2,18,19,20). The van der Waals surface area contributed by atoms with Gasteiger partial charge in [0.1, 0.15) is 0 Å². The van der Waals surface area contributed by atoms with Crippen LogP contribution in [0.1, 0.15) is 32.6 Å². The van der Waals surface area contributed by atoms with Crippen molar-refractivity contribution in [2.45, 2.75) is 39.2 Å². The zero-order chi connectivity index (χ0) is 15.7. The number of aromatic nitrogens is 2. The topological polar surface area (TPSA) is 63.5 Å². The molecule has 1 aromatic heterocycles. The molecule has 2 N–H and O–H groups in total. The summed E-state index contributed by atoms with van der Waals surface area (Å²) in [5, 5.41) is 6.72. The van der Waals surface area contributed by atoms with E-state index in [-0.39, 0.29) is 0 Å². The first-order chi connectivity index (χ1) is 10.8. The Labute approximate surface area is 133 Å². The van der Waals surface area contributed by atoms with Crippen molar-refractivity contribution < 1.29 is 4.74 Å². The SMILES string of the molecule is CCNC(=NCC1(CCOC)CCC1)NCCn1ccnc1. The van der Waals surface area contributed by atoms with Gasteiger partial charge in [0.05, 0.1) is 6.33 Å². The van der Waals surface area contributed by atoms with Crippen LogP contribution in [0.5, 0.6) is 0 Å². The molecule has 22 heavy (non-hydrogen) atoms. The second kappa shape index (κ2) is 8.78. The Morgan fingerprint density at radius 3 is 2.86 bits per heavy atom. The predicted molar refractivity (Wildman–Crippen MR) is 89.0 cm³/mol. The molecule has 1 saturated carbocycles. The number of hydrogen-bond donors (Lipinski definition) is 2. The van der Waals surface area contributed by atoms with Crippen molar-refractivity contribution in [2.75, 3.05) is 33.4 Å². The normalized spacial score (nSPS) is 17.1. The minimum absolute atomic E-state index is 0.364. The molecule has 1 aromatic rings. The Kier molecular flexibility index (Phi) is 6.71. The quantitative estimate of drug-likeness (QED) is 0.538. The van der Waals surface area contributed by atoms with E-state index >= 15 is 0 Å². The van der Waals surface area contributed by atoms with E-state index in [2.05, 4.69) is 27.1 Å². The van der Waals surface area contributed by atoms with Crippen molar-refractivity contribution in [1.82, 2.24) is 20.2 Å². The van der Waals surface area contributed by atoms with Gasteiger partial charge in [-0.3, -0.25) is 4.99 Å². The molecule has 0 unspecified atom stereocenters. The van der Waals surface area contributed by atoms with Crippen molar-refractivity contribution in [3.63, 3.8) is 0 Å². The third-order valence-electron chi connectivity index (χ3n) is 4.39. The number of nitrogens with zero attached hydrogens (tertiary/aromatic N) is 3. The smallest absolute Gasteiger partial charge is 0.191 e. The molecule has 6 nitrogen and oxygen atoms in total. The highest BCUT2D eigenvalue weighted by molar-refractivity contribution is 5.79. The molecule has 124 valence electrons. The predicted octanol–water partition coefficient (Wildman–Crippen LogP) is 1.64. The Morgan fingerprint density at radius 2 is 2.27 bits per heavy atom. The molecule has 0 amide bonds. The highest BCUT2D eigenvalue weighted by Crippen LogP contribution is 2.44. The fraction of sp³-hybridized carbons (Fsp3) is 0.750. The molecule has 1 aliphatic rings. The lowest BCUT2D eigenvalue weighted by Crippen LogP contribution is -2.41. The Bertz CT molecular complexity index is 439. The average Bonchev–Trinajstić information content (AvgIpc) is 2.99. The summed E-state index contributed by atoms with van der Waals surface area (Å²) in [6.45, 7) is 6.42. The summed E-state index contributed by atoms with van der Waals surface area (Å²) in [5.41, 5.74) is 0.364. The molecule has 1 fully saturated rings. The summed E-state index contributed by atoms with van der Waals surface area (Å²) in [6, 6.07) is 0. The van der Waals surface area contributed by atoms with E-state index in [9.17, 15) is 0 Å². The van der Waals surface area contributed by atoms with Crippen LogP contribution in [-0.2, 0) is 11.3 Å². The van der Waals surface area contributed by atoms with Gasteiger partial charge in [-0.15, -0.1) is 0 Å². The van der Waals surface area contributed by atoms with Gasteiger partial charge in [0.15, 0.2) is 5.96 Å². The van der Waals surface area contributed by atoms with Gasteiger partial charge in [-0.2, -0.15) is 0 Å². The molecule has 1 heterocycles. The second-order valence-electron chi connectivity index (χ2n) is 6.02. The summed E-state index contributed by atoms with van der Waals surface area (Å²) in [5.74, 6) is 0.909. The first-order valence-electron chi connectivity index (χ1n) is 8.25. The first kappa shape index (κ1) is 16.8. The summed E-state index contributed by atoms with van der Waals surface area (Å²) in [7, 11) is 1.78. The highest BCUT2D eigenvalue weighted by atomic mass is 16.5. The minimum atomic E-state index is 0.364. The lowest BCUT2D eigenvalue weighted by atomic mass is 9.67. The lowest BCUT2D eigenvalue weighted by Gasteiger charge is -2.40. The van der Waals surface area contributed by atoms with Gasteiger partial charge in [-0.05, 0) is 31.6 Å². The average molecular weight is 307 g/mol. The van der Waals surface area contributed by atoms with Crippen LogP contribution < -0.4 is 10.6 Å². The van der Waals surface area contributed by atoms with Gasteiger partial charge in [0.25, 0.3) is 0 Å². The molecule has 2 rings (SSSR count). The van der Waals surface area contributed by atoms with Crippen LogP contribution in [0.3, 0.4) is 0 Å². The van der Waals surface area contributed by atoms with Gasteiger partial charge in [-0.1, -0.05) is 6.42 Å². The summed E-state index contributed by atoms with van der Waals surface area (Å²) in [4.78, 5) is 8.84. The Morgan fingerprint density at radius 1 is 1.41 bits per heavy atom. The fourth-order valence-electron chi connectivity index (χ4n) is 2.79. The number of aliphatic imine (C=N–C) groups is 1. The molecule has 0 spiro atoms. The molecule has 1 aliphatic carbocycles. The van der Waals surface area contributed by atoms with Crippen molar-refractivity contribution in [1.29, 1.82) is 0 Å². The van der Waals surface area contributed by atoms with Gasteiger partial charge in [-0.25, -0.2) is 4.98 Å². The van der Waals surface area contributed by atoms with E-state index in [0.29, 0.717) is 5.41 Å². The van der Waals surface area contributed by atoms with Crippen molar-refractivity contribution in [3.05, 3.63) is 18.7 Å². The van der Waals surface area contributed by atoms with Gasteiger partial charge >= 0.3 is 0 Å². The van der Waals surface area contributed by atoms with Crippen LogP contribution in [0.2, 0.25) is 0 Å². The van der Waals surface area contributed by atoms with Crippen molar-refractivity contribution in [3.8, 4) is 0 Å². The van der Waals surface area contributed by atoms with E-state index < -0.39 is 0 Å². The van der Waals surface area contributed by atoms with Crippen LogP contribution in [0.15, 0.2) is 23.7 Å². The van der Waals surface area contributed by atoms with Crippen LogP contribution in [0.25, 0.3) is 0 Å². The number of hydrogen-bond acceptors (Lipinski definition) is 3. The lowest BCUT2D eigenvalue weighted by molar-refractivity contribution is 0.0778. The monoisotopic (exact) mass is 307 g/mol. The van der Waals surface area contributed by atoms with E-state index in [1.54, 1.807) is 13.3 Å². The van der Waals surface area contributed by atoms with Crippen LogP contribution in [-0.4, -0.2) is 48.9 Å². The van der Waals surface area contributed by atoms with E-state index in [0.717, 1.165) is 45.2 Å². The van der Waals surface area contributed by atoms with Crippen LogP contribution >= 0.6 is 0 Å². The number of imidazole rings is 1. The molecular weight excluding hydrogens is 278 g/mol. The maximum Gasteiger partial charge on any atom is 0.191 e. The van der Waals surface area contributed by atoms with Gasteiger partial charge in [0, 0.05) is 52.3 Å². The number of methoxy groups -OCH3 is 1. The molecule has 0 atom stereocenters. The number of nitrogens with one attached hydrogen (secondary N) is 2.